The second-order valence-corrected chi connectivity index (χ2v) is 3.49. The van der Waals surface area contributed by atoms with Crippen molar-refractivity contribution in [2.24, 2.45) is 0 Å². The lowest BCUT2D eigenvalue weighted by atomic mass is 10.3. The van der Waals surface area contributed by atoms with Crippen molar-refractivity contribution >= 4 is 11.8 Å². The molecule has 0 bridgehead atoms. The van der Waals surface area contributed by atoms with Crippen molar-refractivity contribution in [3.63, 3.8) is 0 Å². The van der Waals surface area contributed by atoms with Crippen LogP contribution in [0.3, 0.4) is 0 Å². The molecule has 0 fully saturated rings. The van der Waals surface area contributed by atoms with E-state index in [1.165, 1.54) is 11.8 Å². The molecule has 0 saturated carbocycles. The van der Waals surface area contributed by atoms with E-state index < -0.39 is 5.06 Å². The van der Waals surface area contributed by atoms with Crippen LogP contribution in [-0.2, 0) is 0 Å². The van der Waals surface area contributed by atoms with Crippen molar-refractivity contribution in [1.29, 1.82) is 0 Å². The van der Waals surface area contributed by atoms with Gasteiger partial charge in [0, 0.05) is 6.42 Å². The molecule has 0 aromatic rings. The average Bonchev–Trinajstić information content (AvgIpc) is 2.16. The monoisotopic (exact) mass is 145 g/mol. The summed E-state index contributed by atoms with van der Waals surface area (Å²) in [5, 5.41) is 10.9. The summed E-state index contributed by atoms with van der Waals surface area (Å²) < 4.78 is 0. The molecule has 0 aliphatic carbocycles. The Balaban J connectivity index is 2.55. The molecule has 0 amide bonds. The van der Waals surface area contributed by atoms with Gasteiger partial charge in [0.05, 0.1) is 0 Å². The quantitative estimate of drug-likeness (QED) is 0.553. The first-order chi connectivity index (χ1) is 4.15. The van der Waals surface area contributed by atoms with Crippen LogP contribution in [0, 0.1) is 0 Å². The summed E-state index contributed by atoms with van der Waals surface area (Å²) in [6.45, 7) is 0. The average molecular weight is 145 g/mol. The number of hydrogen-bond acceptors (Lipinski definition) is 3. The molecular weight excluding hydrogens is 134 g/mol. The predicted molar refractivity (Wildman–Crippen MR) is 40.0 cm³/mol. The predicted octanol–water partition coefficient (Wildman–Crippen LogP) is 0.845. The lowest BCUT2D eigenvalue weighted by Crippen LogP contribution is -2.38. The molecule has 0 spiro atoms. The third kappa shape index (κ3) is 1.28. The second kappa shape index (κ2) is 2.33. The van der Waals surface area contributed by atoms with Gasteiger partial charge in [-0.15, -0.1) is 0 Å². The molecule has 0 saturated heterocycles. The minimum Gasteiger partial charge on any atom is -0.366 e. The van der Waals surface area contributed by atoms with E-state index in [9.17, 15) is 5.11 Å². The minimum atomic E-state index is -0.667. The molecular formula is C6H11NOS. The van der Waals surface area contributed by atoms with Gasteiger partial charge in [0.2, 0.25) is 0 Å². The number of thioether (sulfide) groups is 1. The van der Waals surface area contributed by atoms with Crippen molar-refractivity contribution in [2.45, 2.75) is 11.5 Å². The maximum absolute atomic E-state index is 9.59. The second-order valence-electron chi connectivity index (χ2n) is 2.33. The van der Waals surface area contributed by atoms with Crippen LogP contribution in [0.5, 0.6) is 0 Å². The maximum atomic E-state index is 9.59. The molecule has 1 aliphatic heterocycles. The van der Waals surface area contributed by atoms with Crippen LogP contribution in [0.4, 0.5) is 0 Å². The first-order valence-electron chi connectivity index (χ1n) is 2.88. The van der Waals surface area contributed by atoms with Crippen LogP contribution < -0.4 is 0 Å². The smallest absolute Gasteiger partial charge is 0.173 e. The third-order valence-electron chi connectivity index (χ3n) is 1.44. The molecule has 3 heteroatoms. The number of nitrogens with zero attached hydrogens (tertiary/aromatic N) is 1. The molecule has 0 aromatic carbocycles. The first kappa shape index (κ1) is 7.12. The summed E-state index contributed by atoms with van der Waals surface area (Å²) in [6, 6.07) is 0. The SMILES string of the molecule is CN(C)C1(O)CC=CS1. The third-order valence-corrected chi connectivity index (χ3v) is 2.67. The molecule has 1 unspecified atom stereocenters. The Hall–Kier alpha value is 0.01000. The Labute approximate surface area is 59.5 Å². The summed E-state index contributed by atoms with van der Waals surface area (Å²) in [5.41, 5.74) is 0. The van der Waals surface area contributed by atoms with Crippen LogP contribution >= 0.6 is 11.8 Å². The van der Waals surface area contributed by atoms with E-state index in [-0.39, 0.29) is 0 Å². The van der Waals surface area contributed by atoms with E-state index in [2.05, 4.69) is 0 Å². The molecule has 1 rings (SSSR count). The van der Waals surface area contributed by atoms with E-state index in [1.807, 2.05) is 30.5 Å². The van der Waals surface area contributed by atoms with E-state index in [0.717, 1.165) is 6.42 Å². The standard InChI is InChI=1S/C6H11NOS/c1-7(2)6(8)4-3-5-9-6/h3,5,8H,4H2,1-2H3. The van der Waals surface area contributed by atoms with Crippen molar-refractivity contribution in [2.75, 3.05) is 14.1 Å². The molecule has 1 aliphatic rings. The van der Waals surface area contributed by atoms with Crippen LogP contribution in [-0.4, -0.2) is 29.2 Å². The van der Waals surface area contributed by atoms with Gasteiger partial charge in [-0.25, -0.2) is 0 Å². The van der Waals surface area contributed by atoms with Gasteiger partial charge in [0.25, 0.3) is 0 Å². The van der Waals surface area contributed by atoms with Crippen molar-refractivity contribution in [3.8, 4) is 0 Å². The summed E-state index contributed by atoms with van der Waals surface area (Å²) in [4.78, 5) is 1.82. The minimum absolute atomic E-state index is 0.667. The summed E-state index contributed by atoms with van der Waals surface area (Å²) in [7, 11) is 3.75. The highest BCUT2D eigenvalue weighted by Gasteiger charge is 2.30. The largest absolute Gasteiger partial charge is 0.366 e. The Morgan fingerprint density at radius 1 is 1.67 bits per heavy atom. The Kier molecular flexibility index (Phi) is 1.84. The fourth-order valence-corrected chi connectivity index (χ4v) is 1.51. The van der Waals surface area contributed by atoms with Crippen LogP contribution in [0.25, 0.3) is 0 Å². The Bertz CT molecular complexity index is 125. The number of hydrogen-bond donors (Lipinski definition) is 1. The molecule has 52 valence electrons. The van der Waals surface area contributed by atoms with Gasteiger partial charge in [-0.05, 0) is 19.5 Å². The van der Waals surface area contributed by atoms with Gasteiger partial charge in [0.15, 0.2) is 5.06 Å². The van der Waals surface area contributed by atoms with Gasteiger partial charge in [0.1, 0.15) is 0 Å². The Morgan fingerprint density at radius 2 is 2.33 bits per heavy atom. The van der Waals surface area contributed by atoms with E-state index in [0.29, 0.717) is 0 Å². The summed E-state index contributed by atoms with van der Waals surface area (Å²) in [6.07, 6.45) is 2.70. The first-order valence-corrected chi connectivity index (χ1v) is 3.76. The topological polar surface area (TPSA) is 23.5 Å². The van der Waals surface area contributed by atoms with Crippen molar-refractivity contribution in [1.82, 2.24) is 4.90 Å². The van der Waals surface area contributed by atoms with E-state index in [4.69, 9.17) is 0 Å². The van der Waals surface area contributed by atoms with Crippen LogP contribution in [0.15, 0.2) is 11.5 Å². The molecule has 9 heavy (non-hydrogen) atoms. The highest BCUT2D eigenvalue weighted by atomic mass is 32.2. The number of rotatable bonds is 1. The lowest BCUT2D eigenvalue weighted by Gasteiger charge is -2.28. The molecule has 2 nitrogen and oxygen atoms in total. The fraction of sp³-hybridized carbons (Fsp3) is 0.667. The molecule has 0 radical (unpaired) electrons. The van der Waals surface area contributed by atoms with E-state index in [1.54, 1.807) is 0 Å². The van der Waals surface area contributed by atoms with Crippen LogP contribution in [0.1, 0.15) is 6.42 Å². The van der Waals surface area contributed by atoms with Gasteiger partial charge in [-0.2, -0.15) is 0 Å². The highest BCUT2D eigenvalue weighted by molar-refractivity contribution is 8.03. The van der Waals surface area contributed by atoms with Gasteiger partial charge in [-0.3, -0.25) is 4.90 Å². The molecule has 1 heterocycles. The van der Waals surface area contributed by atoms with E-state index >= 15 is 0 Å². The maximum Gasteiger partial charge on any atom is 0.173 e. The molecule has 0 aromatic heterocycles. The zero-order valence-corrected chi connectivity index (χ0v) is 6.48. The summed E-state index contributed by atoms with van der Waals surface area (Å²) in [5.74, 6) is 0. The van der Waals surface area contributed by atoms with Crippen molar-refractivity contribution < 1.29 is 5.11 Å². The zero-order chi connectivity index (χ0) is 6.91. The lowest BCUT2D eigenvalue weighted by molar-refractivity contribution is 0.0104. The number of aliphatic hydroxyl groups is 1. The molecule has 1 atom stereocenters. The molecule has 1 N–H and O–H groups in total. The van der Waals surface area contributed by atoms with Gasteiger partial charge in [-0.1, -0.05) is 17.8 Å². The Morgan fingerprint density at radius 3 is 2.56 bits per heavy atom. The zero-order valence-electron chi connectivity index (χ0n) is 5.66. The normalized spacial score (nSPS) is 34.2. The van der Waals surface area contributed by atoms with Gasteiger partial charge < -0.3 is 5.11 Å². The fourth-order valence-electron chi connectivity index (χ4n) is 0.695. The highest BCUT2D eigenvalue weighted by Crippen LogP contribution is 2.34. The van der Waals surface area contributed by atoms with Crippen molar-refractivity contribution in [3.05, 3.63) is 11.5 Å². The van der Waals surface area contributed by atoms with Gasteiger partial charge >= 0.3 is 0 Å². The van der Waals surface area contributed by atoms with Crippen LogP contribution in [0.2, 0.25) is 0 Å². The summed E-state index contributed by atoms with van der Waals surface area (Å²) >= 11 is 1.45.